The summed E-state index contributed by atoms with van der Waals surface area (Å²) in [6.45, 7) is 2.16. The number of carbonyl (C=O) groups is 1. The molecule has 1 amide bonds. The van der Waals surface area contributed by atoms with Gasteiger partial charge in [0.05, 0.1) is 18.2 Å². The second-order valence-electron chi connectivity index (χ2n) is 4.60. The number of rotatable bonds is 5. The van der Waals surface area contributed by atoms with Gasteiger partial charge in [-0.2, -0.15) is 0 Å². The third-order valence-corrected chi connectivity index (χ3v) is 3.12. The molecule has 2 rings (SSSR count). The van der Waals surface area contributed by atoms with Crippen LogP contribution in [0.4, 0.5) is 0 Å². The zero-order valence-electron chi connectivity index (χ0n) is 10.3. The zero-order chi connectivity index (χ0) is 12.3. The van der Waals surface area contributed by atoms with Gasteiger partial charge in [0.2, 0.25) is 5.91 Å². The standard InChI is InChI=1S/C12H19N3O2/c1-15(2)10(11-4-3-5-17-11)8-14-12(16)9-6-13-7-9/h3-5,9-10,13H,6-8H2,1-2H3,(H,14,16). The van der Waals surface area contributed by atoms with Crippen molar-refractivity contribution >= 4 is 5.91 Å². The molecule has 5 heteroatoms. The van der Waals surface area contributed by atoms with Crippen molar-refractivity contribution in [1.29, 1.82) is 0 Å². The van der Waals surface area contributed by atoms with Crippen LogP contribution in [0.5, 0.6) is 0 Å². The predicted octanol–water partition coefficient (Wildman–Crippen LogP) is 0.218. The number of nitrogens with one attached hydrogen (secondary N) is 2. The van der Waals surface area contributed by atoms with Crippen molar-refractivity contribution in [3.8, 4) is 0 Å². The molecule has 1 saturated heterocycles. The number of furan rings is 1. The molecule has 0 radical (unpaired) electrons. The summed E-state index contributed by atoms with van der Waals surface area (Å²) in [5.41, 5.74) is 0. The molecule has 1 unspecified atom stereocenters. The van der Waals surface area contributed by atoms with E-state index in [0.717, 1.165) is 18.8 Å². The Bertz CT molecular complexity index is 358. The molecule has 0 spiro atoms. The Morgan fingerprint density at radius 3 is 2.88 bits per heavy atom. The molecule has 94 valence electrons. The fourth-order valence-electron chi connectivity index (χ4n) is 1.83. The zero-order valence-corrected chi connectivity index (χ0v) is 10.3. The topological polar surface area (TPSA) is 57.5 Å². The summed E-state index contributed by atoms with van der Waals surface area (Å²) in [5, 5.41) is 6.06. The number of carbonyl (C=O) groups excluding carboxylic acids is 1. The van der Waals surface area contributed by atoms with Gasteiger partial charge in [0, 0.05) is 19.6 Å². The number of amides is 1. The van der Waals surface area contributed by atoms with E-state index in [1.807, 2.05) is 31.1 Å². The molecule has 1 atom stereocenters. The average Bonchev–Trinajstić information content (AvgIpc) is 2.67. The molecule has 0 aliphatic carbocycles. The first-order valence-electron chi connectivity index (χ1n) is 5.86. The lowest BCUT2D eigenvalue weighted by Crippen LogP contribution is -2.51. The lowest BCUT2D eigenvalue weighted by molar-refractivity contribution is -0.126. The van der Waals surface area contributed by atoms with Crippen molar-refractivity contribution in [3.63, 3.8) is 0 Å². The summed E-state index contributed by atoms with van der Waals surface area (Å²) >= 11 is 0. The van der Waals surface area contributed by atoms with Crippen LogP contribution in [-0.2, 0) is 4.79 Å². The Kier molecular flexibility index (Phi) is 3.81. The van der Waals surface area contributed by atoms with E-state index in [1.165, 1.54) is 0 Å². The third kappa shape index (κ3) is 2.87. The molecular formula is C12H19N3O2. The maximum Gasteiger partial charge on any atom is 0.225 e. The van der Waals surface area contributed by atoms with Crippen LogP contribution in [0.2, 0.25) is 0 Å². The molecule has 5 nitrogen and oxygen atoms in total. The monoisotopic (exact) mass is 237 g/mol. The molecule has 1 aromatic rings. The van der Waals surface area contributed by atoms with Gasteiger partial charge in [-0.1, -0.05) is 0 Å². The lowest BCUT2D eigenvalue weighted by Gasteiger charge is -2.28. The largest absolute Gasteiger partial charge is 0.468 e. The highest BCUT2D eigenvalue weighted by molar-refractivity contribution is 5.80. The molecular weight excluding hydrogens is 218 g/mol. The molecule has 1 aromatic heterocycles. The normalized spacial score (nSPS) is 17.8. The fraction of sp³-hybridized carbons (Fsp3) is 0.583. The van der Waals surface area contributed by atoms with Crippen molar-refractivity contribution in [1.82, 2.24) is 15.5 Å². The molecule has 1 aliphatic heterocycles. The number of hydrogen-bond donors (Lipinski definition) is 2. The minimum absolute atomic E-state index is 0.0852. The Morgan fingerprint density at radius 2 is 2.41 bits per heavy atom. The Balaban J connectivity index is 1.88. The molecule has 0 bridgehead atoms. The SMILES string of the molecule is CN(C)C(CNC(=O)C1CNC1)c1ccco1. The van der Waals surface area contributed by atoms with E-state index in [4.69, 9.17) is 4.42 Å². The van der Waals surface area contributed by atoms with Crippen LogP contribution in [0.3, 0.4) is 0 Å². The molecule has 2 N–H and O–H groups in total. The van der Waals surface area contributed by atoms with Gasteiger partial charge in [-0.25, -0.2) is 0 Å². The maximum absolute atomic E-state index is 11.7. The van der Waals surface area contributed by atoms with Gasteiger partial charge in [-0.3, -0.25) is 9.69 Å². The van der Waals surface area contributed by atoms with Gasteiger partial charge in [0.15, 0.2) is 0 Å². The summed E-state index contributed by atoms with van der Waals surface area (Å²) in [7, 11) is 3.95. The highest BCUT2D eigenvalue weighted by atomic mass is 16.3. The highest BCUT2D eigenvalue weighted by Gasteiger charge is 2.26. The van der Waals surface area contributed by atoms with Crippen molar-refractivity contribution in [2.45, 2.75) is 6.04 Å². The van der Waals surface area contributed by atoms with Crippen molar-refractivity contribution in [3.05, 3.63) is 24.2 Å². The summed E-state index contributed by atoms with van der Waals surface area (Å²) in [6, 6.07) is 3.88. The van der Waals surface area contributed by atoms with Crippen LogP contribution in [-0.4, -0.2) is 44.5 Å². The van der Waals surface area contributed by atoms with E-state index in [0.29, 0.717) is 6.54 Å². The number of likely N-dealkylation sites (N-methyl/N-ethyl adjacent to an activating group) is 1. The Hall–Kier alpha value is -1.33. The van der Waals surface area contributed by atoms with Gasteiger partial charge in [-0.05, 0) is 26.2 Å². The summed E-state index contributed by atoms with van der Waals surface area (Å²) in [6.07, 6.45) is 1.66. The molecule has 1 aliphatic rings. The van der Waals surface area contributed by atoms with Gasteiger partial charge in [-0.15, -0.1) is 0 Å². The summed E-state index contributed by atoms with van der Waals surface area (Å²) in [5.74, 6) is 1.14. The minimum atomic E-state index is 0.0852. The summed E-state index contributed by atoms with van der Waals surface area (Å²) in [4.78, 5) is 13.8. The molecule has 1 fully saturated rings. The van der Waals surface area contributed by atoms with Gasteiger partial charge < -0.3 is 15.1 Å². The summed E-state index contributed by atoms with van der Waals surface area (Å²) < 4.78 is 5.38. The van der Waals surface area contributed by atoms with E-state index in [-0.39, 0.29) is 17.9 Å². The van der Waals surface area contributed by atoms with E-state index in [1.54, 1.807) is 6.26 Å². The van der Waals surface area contributed by atoms with Gasteiger partial charge in [0.1, 0.15) is 5.76 Å². The Morgan fingerprint density at radius 1 is 1.65 bits per heavy atom. The van der Waals surface area contributed by atoms with Crippen LogP contribution >= 0.6 is 0 Å². The van der Waals surface area contributed by atoms with E-state index in [9.17, 15) is 4.79 Å². The van der Waals surface area contributed by atoms with Crippen molar-refractivity contribution < 1.29 is 9.21 Å². The Labute approximate surface area is 101 Å². The van der Waals surface area contributed by atoms with Gasteiger partial charge in [0.25, 0.3) is 0 Å². The fourth-order valence-corrected chi connectivity index (χ4v) is 1.83. The minimum Gasteiger partial charge on any atom is -0.468 e. The van der Waals surface area contributed by atoms with Crippen molar-refractivity contribution in [2.24, 2.45) is 5.92 Å². The predicted molar refractivity (Wildman–Crippen MR) is 64.5 cm³/mol. The first-order chi connectivity index (χ1) is 8.18. The average molecular weight is 237 g/mol. The van der Waals surface area contributed by atoms with Crippen LogP contribution in [0, 0.1) is 5.92 Å². The third-order valence-electron chi connectivity index (χ3n) is 3.12. The number of hydrogen-bond acceptors (Lipinski definition) is 4. The van der Waals surface area contributed by atoms with Crippen LogP contribution in [0.15, 0.2) is 22.8 Å². The van der Waals surface area contributed by atoms with E-state index >= 15 is 0 Å². The molecule has 17 heavy (non-hydrogen) atoms. The lowest BCUT2D eigenvalue weighted by atomic mass is 10.0. The van der Waals surface area contributed by atoms with Crippen molar-refractivity contribution in [2.75, 3.05) is 33.7 Å². The number of nitrogens with zero attached hydrogens (tertiary/aromatic N) is 1. The van der Waals surface area contributed by atoms with E-state index in [2.05, 4.69) is 10.6 Å². The second-order valence-corrected chi connectivity index (χ2v) is 4.60. The van der Waals surface area contributed by atoms with Crippen LogP contribution in [0.1, 0.15) is 11.8 Å². The first-order valence-corrected chi connectivity index (χ1v) is 5.86. The maximum atomic E-state index is 11.7. The first kappa shape index (κ1) is 12.1. The van der Waals surface area contributed by atoms with Gasteiger partial charge >= 0.3 is 0 Å². The second kappa shape index (κ2) is 5.33. The molecule has 0 saturated carbocycles. The quantitative estimate of drug-likeness (QED) is 0.769. The highest BCUT2D eigenvalue weighted by Crippen LogP contribution is 2.17. The van der Waals surface area contributed by atoms with Crippen LogP contribution in [0.25, 0.3) is 0 Å². The molecule has 0 aromatic carbocycles. The molecule has 2 heterocycles. The smallest absolute Gasteiger partial charge is 0.225 e. The van der Waals surface area contributed by atoms with E-state index < -0.39 is 0 Å². The van der Waals surface area contributed by atoms with Crippen LogP contribution < -0.4 is 10.6 Å².